The van der Waals surface area contributed by atoms with Gasteiger partial charge in [-0.3, -0.25) is 0 Å². The first-order chi connectivity index (χ1) is 9.20. The lowest BCUT2D eigenvalue weighted by Crippen LogP contribution is -2.46. The van der Waals surface area contributed by atoms with Crippen molar-refractivity contribution >= 4 is 0 Å². The van der Waals surface area contributed by atoms with E-state index in [-0.39, 0.29) is 0 Å². The average molecular weight is 268 g/mol. The Morgan fingerprint density at radius 3 is 2.32 bits per heavy atom. The highest BCUT2D eigenvalue weighted by atomic mass is 16.5. The zero-order valence-electron chi connectivity index (χ0n) is 12.8. The zero-order chi connectivity index (χ0) is 13.7. The fourth-order valence-corrected chi connectivity index (χ4v) is 3.87. The maximum atomic E-state index is 6.08. The van der Waals surface area contributed by atoms with Crippen LogP contribution in [0.3, 0.4) is 0 Å². The van der Waals surface area contributed by atoms with Crippen LogP contribution in [0.4, 0.5) is 0 Å². The summed E-state index contributed by atoms with van der Waals surface area (Å²) < 4.78 is 5.45. The van der Waals surface area contributed by atoms with Crippen LogP contribution < -0.4 is 5.73 Å². The van der Waals surface area contributed by atoms with E-state index in [1.54, 1.807) is 0 Å². The molecular weight excluding hydrogens is 236 g/mol. The summed E-state index contributed by atoms with van der Waals surface area (Å²) in [5, 5.41) is 0. The Bertz CT molecular complexity index is 245. The summed E-state index contributed by atoms with van der Waals surface area (Å²) in [5.74, 6) is 2.57. The molecule has 0 spiro atoms. The number of hydrogen-bond acceptors (Lipinski definition) is 3. The Morgan fingerprint density at radius 1 is 1.11 bits per heavy atom. The van der Waals surface area contributed by atoms with Gasteiger partial charge in [-0.15, -0.1) is 0 Å². The van der Waals surface area contributed by atoms with Crippen molar-refractivity contribution in [2.24, 2.45) is 23.5 Å². The molecule has 2 rings (SSSR count). The summed E-state index contributed by atoms with van der Waals surface area (Å²) in [6, 6.07) is 0.593. The molecule has 1 saturated carbocycles. The van der Waals surface area contributed by atoms with E-state index >= 15 is 0 Å². The van der Waals surface area contributed by atoms with Gasteiger partial charge in [-0.05, 0) is 50.5 Å². The van der Waals surface area contributed by atoms with Gasteiger partial charge in [0, 0.05) is 32.3 Å². The minimum Gasteiger partial charge on any atom is -0.381 e. The Hall–Kier alpha value is -0.120. The van der Waals surface area contributed by atoms with Crippen LogP contribution in [0.25, 0.3) is 0 Å². The Labute approximate surface area is 118 Å². The molecule has 0 aromatic carbocycles. The van der Waals surface area contributed by atoms with Crippen molar-refractivity contribution in [2.75, 3.05) is 33.4 Å². The third-order valence-corrected chi connectivity index (χ3v) is 5.30. The molecular formula is C16H32N2O. The van der Waals surface area contributed by atoms with Gasteiger partial charge in [0.25, 0.3) is 0 Å². The molecule has 2 fully saturated rings. The van der Waals surface area contributed by atoms with Gasteiger partial charge in [0.05, 0.1) is 0 Å². The van der Waals surface area contributed by atoms with E-state index in [0.29, 0.717) is 6.04 Å². The van der Waals surface area contributed by atoms with Crippen LogP contribution in [-0.4, -0.2) is 44.3 Å². The highest BCUT2D eigenvalue weighted by Crippen LogP contribution is 2.32. The smallest absolute Gasteiger partial charge is 0.0469 e. The molecule has 2 N–H and O–H groups in total. The van der Waals surface area contributed by atoms with Gasteiger partial charge < -0.3 is 15.4 Å². The molecule has 1 aliphatic heterocycles. The third kappa shape index (κ3) is 4.44. The van der Waals surface area contributed by atoms with E-state index in [1.165, 1.54) is 45.1 Å². The molecule has 1 heterocycles. The van der Waals surface area contributed by atoms with Crippen LogP contribution in [0.15, 0.2) is 0 Å². The molecule has 0 bridgehead atoms. The van der Waals surface area contributed by atoms with Gasteiger partial charge in [0.1, 0.15) is 0 Å². The molecule has 1 atom stereocenters. The SMILES string of the molecule is CC1CCC(C(CN)N(C)CC2CCOCC2)CC1. The van der Waals surface area contributed by atoms with Crippen LogP contribution >= 0.6 is 0 Å². The van der Waals surface area contributed by atoms with E-state index in [9.17, 15) is 0 Å². The van der Waals surface area contributed by atoms with Crippen molar-refractivity contribution in [1.29, 1.82) is 0 Å². The van der Waals surface area contributed by atoms with E-state index in [2.05, 4.69) is 18.9 Å². The quantitative estimate of drug-likeness (QED) is 0.832. The highest BCUT2D eigenvalue weighted by molar-refractivity contribution is 4.84. The van der Waals surface area contributed by atoms with Crippen molar-refractivity contribution in [2.45, 2.75) is 51.5 Å². The molecule has 3 nitrogen and oxygen atoms in total. The molecule has 19 heavy (non-hydrogen) atoms. The maximum absolute atomic E-state index is 6.08. The molecule has 3 heteroatoms. The molecule has 1 unspecified atom stereocenters. The second-order valence-corrected chi connectivity index (χ2v) is 6.82. The van der Waals surface area contributed by atoms with Gasteiger partial charge in [-0.1, -0.05) is 19.8 Å². The average Bonchev–Trinajstić information content (AvgIpc) is 2.43. The van der Waals surface area contributed by atoms with E-state index in [0.717, 1.165) is 37.5 Å². The van der Waals surface area contributed by atoms with Gasteiger partial charge in [0.15, 0.2) is 0 Å². The van der Waals surface area contributed by atoms with Crippen LogP contribution in [-0.2, 0) is 4.74 Å². The Kier molecular flexibility index (Phi) is 6.11. The van der Waals surface area contributed by atoms with Crippen molar-refractivity contribution in [1.82, 2.24) is 4.90 Å². The minimum absolute atomic E-state index is 0.593. The van der Waals surface area contributed by atoms with Gasteiger partial charge >= 0.3 is 0 Å². The predicted octanol–water partition coefficient (Wildman–Crippen LogP) is 2.50. The molecule has 0 radical (unpaired) electrons. The van der Waals surface area contributed by atoms with Crippen molar-refractivity contribution in [3.63, 3.8) is 0 Å². The number of nitrogens with zero attached hydrogens (tertiary/aromatic N) is 1. The van der Waals surface area contributed by atoms with Crippen molar-refractivity contribution in [3.05, 3.63) is 0 Å². The normalized spacial score (nSPS) is 31.6. The second kappa shape index (κ2) is 7.61. The first-order valence-corrected chi connectivity index (χ1v) is 8.18. The number of likely N-dealkylation sites (N-methyl/N-ethyl adjacent to an activating group) is 1. The summed E-state index contributed by atoms with van der Waals surface area (Å²) in [6.07, 6.45) is 7.99. The molecule has 1 aliphatic carbocycles. The van der Waals surface area contributed by atoms with Gasteiger partial charge in [0.2, 0.25) is 0 Å². The van der Waals surface area contributed by atoms with Crippen LogP contribution in [0, 0.1) is 17.8 Å². The Balaban J connectivity index is 1.81. The first-order valence-electron chi connectivity index (χ1n) is 8.18. The Morgan fingerprint density at radius 2 is 1.74 bits per heavy atom. The zero-order valence-corrected chi connectivity index (χ0v) is 12.8. The fraction of sp³-hybridized carbons (Fsp3) is 1.00. The third-order valence-electron chi connectivity index (χ3n) is 5.30. The standard InChI is InChI=1S/C16H32N2O/c1-13-3-5-15(6-4-13)16(11-17)18(2)12-14-7-9-19-10-8-14/h13-16H,3-12,17H2,1-2H3. The molecule has 1 saturated heterocycles. The number of ether oxygens (including phenoxy) is 1. The van der Waals surface area contributed by atoms with E-state index < -0.39 is 0 Å². The number of nitrogens with two attached hydrogens (primary N) is 1. The molecule has 112 valence electrons. The van der Waals surface area contributed by atoms with E-state index in [4.69, 9.17) is 10.5 Å². The van der Waals surface area contributed by atoms with Gasteiger partial charge in [-0.25, -0.2) is 0 Å². The summed E-state index contributed by atoms with van der Waals surface area (Å²) >= 11 is 0. The predicted molar refractivity (Wildman–Crippen MR) is 80.1 cm³/mol. The van der Waals surface area contributed by atoms with Crippen LogP contribution in [0.1, 0.15) is 45.4 Å². The molecule has 2 aliphatic rings. The van der Waals surface area contributed by atoms with Crippen molar-refractivity contribution < 1.29 is 4.74 Å². The lowest BCUT2D eigenvalue weighted by molar-refractivity contribution is 0.0422. The lowest BCUT2D eigenvalue weighted by Gasteiger charge is -2.39. The topological polar surface area (TPSA) is 38.5 Å². The summed E-state index contributed by atoms with van der Waals surface area (Å²) in [4.78, 5) is 2.55. The van der Waals surface area contributed by atoms with Gasteiger partial charge in [-0.2, -0.15) is 0 Å². The number of hydrogen-bond donors (Lipinski definition) is 1. The largest absolute Gasteiger partial charge is 0.381 e. The summed E-state index contributed by atoms with van der Waals surface area (Å²) in [6.45, 7) is 6.31. The lowest BCUT2D eigenvalue weighted by atomic mass is 9.78. The van der Waals surface area contributed by atoms with E-state index in [1.807, 2.05) is 0 Å². The fourth-order valence-electron chi connectivity index (χ4n) is 3.87. The van der Waals surface area contributed by atoms with Crippen LogP contribution in [0.2, 0.25) is 0 Å². The highest BCUT2D eigenvalue weighted by Gasteiger charge is 2.29. The summed E-state index contributed by atoms with van der Waals surface area (Å²) in [7, 11) is 2.28. The second-order valence-electron chi connectivity index (χ2n) is 6.82. The number of rotatable bonds is 5. The maximum Gasteiger partial charge on any atom is 0.0469 e. The summed E-state index contributed by atoms with van der Waals surface area (Å²) in [5.41, 5.74) is 6.08. The molecule has 0 aromatic rings. The first kappa shape index (κ1) is 15.3. The van der Waals surface area contributed by atoms with Crippen LogP contribution in [0.5, 0.6) is 0 Å². The van der Waals surface area contributed by atoms with Crippen molar-refractivity contribution in [3.8, 4) is 0 Å². The molecule has 0 amide bonds. The molecule has 0 aromatic heterocycles. The minimum atomic E-state index is 0.593. The monoisotopic (exact) mass is 268 g/mol.